The second kappa shape index (κ2) is 11.9. The molecular weight excluding hydrogens is 484 g/mol. The lowest BCUT2D eigenvalue weighted by Crippen LogP contribution is -2.47. The van der Waals surface area contributed by atoms with Crippen molar-refractivity contribution in [1.82, 2.24) is 30.2 Å². The molecule has 0 radical (unpaired) electrons. The summed E-state index contributed by atoms with van der Waals surface area (Å²) < 4.78 is 0. The highest BCUT2D eigenvalue weighted by Gasteiger charge is 2.37. The Bertz CT molecular complexity index is 1050. The van der Waals surface area contributed by atoms with Crippen molar-refractivity contribution in [2.24, 2.45) is 0 Å². The van der Waals surface area contributed by atoms with Crippen LogP contribution in [0.5, 0.6) is 0 Å². The summed E-state index contributed by atoms with van der Waals surface area (Å²) in [5.41, 5.74) is 1.72. The number of urea groups is 2. The maximum atomic E-state index is 13.0. The standard InChI is InChI=1S/C28H40N6O4/c1-17(2)31(18(3)4)15-33-25(35)23(29-27(33)37)13-21-10-9-11-22(12-21)14-24-26(36)34(28(38)30-24)16-32(19(5)6)20(7)8/h9-14,17-20H,15-16H2,1-8H3,(H,29,37)(H,30,38)/b23-13-,24-14-. The Labute approximate surface area is 225 Å². The van der Waals surface area contributed by atoms with Gasteiger partial charge in [-0.25, -0.2) is 19.4 Å². The molecule has 2 N–H and O–H groups in total. The van der Waals surface area contributed by atoms with Crippen LogP contribution in [0.4, 0.5) is 9.59 Å². The van der Waals surface area contributed by atoms with Gasteiger partial charge in [-0.1, -0.05) is 18.2 Å². The van der Waals surface area contributed by atoms with Crippen LogP contribution in [-0.2, 0) is 9.59 Å². The minimum absolute atomic E-state index is 0.168. The van der Waals surface area contributed by atoms with Gasteiger partial charge in [-0.15, -0.1) is 0 Å². The zero-order valence-corrected chi connectivity index (χ0v) is 23.6. The molecular formula is C28H40N6O4. The highest BCUT2D eigenvalue weighted by Crippen LogP contribution is 2.20. The van der Waals surface area contributed by atoms with Gasteiger partial charge < -0.3 is 10.6 Å². The van der Waals surface area contributed by atoms with Gasteiger partial charge in [-0.2, -0.15) is 0 Å². The smallest absolute Gasteiger partial charge is 0.303 e. The first kappa shape index (κ1) is 29.1. The van der Waals surface area contributed by atoms with E-state index in [2.05, 4.69) is 20.4 Å². The summed E-state index contributed by atoms with van der Waals surface area (Å²) in [5.74, 6) is -0.780. The molecule has 6 amide bonds. The average molecular weight is 525 g/mol. The Morgan fingerprint density at radius 2 is 1.00 bits per heavy atom. The number of rotatable bonds is 10. The number of nitrogens with zero attached hydrogens (tertiary/aromatic N) is 4. The minimum atomic E-state index is -0.456. The minimum Gasteiger partial charge on any atom is -0.303 e. The second-order valence-electron chi connectivity index (χ2n) is 10.8. The monoisotopic (exact) mass is 524 g/mol. The van der Waals surface area contributed by atoms with Crippen molar-refractivity contribution < 1.29 is 19.2 Å². The number of nitrogens with one attached hydrogen (secondary N) is 2. The molecule has 38 heavy (non-hydrogen) atoms. The summed E-state index contributed by atoms with van der Waals surface area (Å²) in [4.78, 5) is 57.6. The molecule has 0 spiro atoms. The molecule has 0 saturated carbocycles. The molecule has 0 unspecified atom stereocenters. The SMILES string of the molecule is CC(C)N(CN1C(=O)N/C(=C\c2cccc(/C=C3\NC(=O)N(CN(C(C)C)C(C)C)C3=O)c2)C1=O)C(C)C. The summed E-state index contributed by atoms with van der Waals surface area (Å²) >= 11 is 0. The first-order valence-corrected chi connectivity index (χ1v) is 13.1. The molecule has 0 bridgehead atoms. The van der Waals surface area contributed by atoms with E-state index in [0.717, 1.165) is 0 Å². The molecule has 2 aliphatic heterocycles. The maximum Gasteiger partial charge on any atom is 0.330 e. The van der Waals surface area contributed by atoms with Crippen LogP contribution in [0.3, 0.4) is 0 Å². The lowest BCUT2D eigenvalue weighted by atomic mass is 10.1. The van der Waals surface area contributed by atoms with Gasteiger partial charge in [-0.3, -0.25) is 19.4 Å². The molecule has 2 fully saturated rings. The zero-order chi connectivity index (χ0) is 28.3. The number of carbonyl (C=O) groups is 4. The van der Waals surface area contributed by atoms with Gasteiger partial charge in [0.1, 0.15) is 11.4 Å². The van der Waals surface area contributed by atoms with Gasteiger partial charge >= 0.3 is 12.1 Å². The van der Waals surface area contributed by atoms with Crippen molar-refractivity contribution in [3.8, 4) is 0 Å². The zero-order valence-electron chi connectivity index (χ0n) is 23.6. The highest BCUT2D eigenvalue weighted by molar-refractivity contribution is 6.14. The number of benzene rings is 1. The lowest BCUT2D eigenvalue weighted by molar-refractivity contribution is -0.125. The highest BCUT2D eigenvalue weighted by atomic mass is 16.2. The molecule has 1 aromatic carbocycles. The van der Waals surface area contributed by atoms with Gasteiger partial charge in [-0.05, 0) is 84.7 Å². The Kier molecular flexibility index (Phi) is 9.11. The van der Waals surface area contributed by atoms with E-state index in [1.807, 2.05) is 55.4 Å². The van der Waals surface area contributed by atoms with Crippen molar-refractivity contribution >= 4 is 36.0 Å². The molecule has 2 heterocycles. The Morgan fingerprint density at radius 1 is 0.658 bits per heavy atom. The van der Waals surface area contributed by atoms with E-state index < -0.39 is 23.9 Å². The van der Waals surface area contributed by atoms with E-state index in [-0.39, 0.29) is 48.9 Å². The third-order valence-electron chi connectivity index (χ3n) is 6.72. The van der Waals surface area contributed by atoms with Crippen LogP contribution in [-0.4, -0.2) is 81.0 Å². The van der Waals surface area contributed by atoms with Crippen molar-refractivity contribution in [2.45, 2.75) is 79.6 Å². The van der Waals surface area contributed by atoms with Crippen LogP contribution in [0.1, 0.15) is 66.5 Å². The largest absolute Gasteiger partial charge is 0.330 e. The van der Waals surface area contributed by atoms with Gasteiger partial charge in [0.15, 0.2) is 0 Å². The number of carbonyl (C=O) groups excluding carboxylic acids is 4. The third-order valence-corrected chi connectivity index (χ3v) is 6.72. The van der Waals surface area contributed by atoms with Crippen molar-refractivity contribution in [2.75, 3.05) is 13.3 Å². The molecule has 0 aromatic heterocycles. The van der Waals surface area contributed by atoms with Crippen molar-refractivity contribution in [1.29, 1.82) is 0 Å². The summed E-state index contributed by atoms with van der Waals surface area (Å²) in [6, 6.07) is 6.94. The van der Waals surface area contributed by atoms with Crippen LogP contribution >= 0.6 is 0 Å². The van der Waals surface area contributed by atoms with Crippen LogP contribution in [0.2, 0.25) is 0 Å². The Balaban J connectivity index is 1.78. The molecule has 206 valence electrons. The van der Waals surface area contributed by atoms with Crippen LogP contribution in [0.15, 0.2) is 35.7 Å². The second-order valence-corrected chi connectivity index (χ2v) is 10.8. The normalized spacial score (nSPS) is 18.7. The van der Waals surface area contributed by atoms with Crippen molar-refractivity contribution in [3.05, 3.63) is 46.8 Å². The predicted octanol–water partition coefficient (Wildman–Crippen LogP) is 3.62. The van der Waals surface area contributed by atoms with E-state index >= 15 is 0 Å². The van der Waals surface area contributed by atoms with Crippen LogP contribution in [0.25, 0.3) is 12.2 Å². The number of amides is 6. The molecule has 10 heteroatoms. The van der Waals surface area contributed by atoms with E-state index in [0.29, 0.717) is 11.1 Å². The van der Waals surface area contributed by atoms with Gasteiger partial charge in [0, 0.05) is 24.2 Å². The molecule has 2 aliphatic rings. The van der Waals surface area contributed by atoms with Gasteiger partial charge in [0.05, 0.1) is 13.3 Å². The first-order chi connectivity index (χ1) is 17.8. The summed E-state index contributed by atoms with van der Waals surface area (Å²) in [7, 11) is 0. The van der Waals surface area contributed by atoms with Crippen LogP contribution < -0.4 is 10.6 Å². The molecule has 3 rings (SSSR count). The maximum absolute atomic E-state index is 13.0. The predicted molar refractivity (Wildman–Crippen MR) is 147 cm³/mol. The summed E-state index contributed by atoms with van der Waals surface area (Å²) in [6.45, 7) is 16.6. The first-order valence-electron chi connectivity index (χ1n) is 13.1. The number of hydrogen-bond donors (Lipinski definition) is 2. The number of imide groups is 2. The Morgan fingerprint density at radius 3 is 1.32 bits per heavy atom. The van der Waals surface area contributed by atoms with E-state index in [1.54, 1.807) is 36.4 Å². The van der Waals surface area contributed by atoms with E-state index in [4.69, 9.17) is 0 Å². The van der Waals surface area contributed by atoms with E-state index in [9.17, 15) is 19.2 Å². The molecule has 1 aromatic rings. The third kappa shape index (κ3) is 6.49. The lowest BCUT2D eigenvalue weighted by Gasteiger charge is -2.32. The molecule has 2 saturated heterocycles. The fourth-order valence-electron chi connectivity index (χ4n) is 4.64. The fourth-order valence-corrected chi connectivity index (χ4v) is 4.64. The van der Waals surface area contributed by atoms with Crippen LogP contribution in [0, 0.1) is 0 Å². The quantitative estimate of drug-likeness (QED) is 0.358. The average Bonchev–Trinajstić information content (AvgIpc) is 3.23. The fraction of sp³-hybridized carbons (Fsp3) is 0.500. The van der Waals surface area contributed by atoms with E-state index in [1.165, 1.54) is 9.80 Å². The molecule has 10 nitrogen and oxygen atoms in total. The van der Waals surface area contributed by atoms with Crippen molar-refractivity contribution in [3.63, 3.8) is 0 Å². The summed E-state index contributed by atoms with van der Waals surface area (Å²) in [6.07, 6.45) is 3.23. The number of hydrogen-bond acceptors (Lipinski definition) is 6. The molecule has 0 atom stereocenters. The Hall–Kier alpha value is -3.50. The topological polar surface area (TPSA) is 105 Å². The molecule has 0 aliphatic carbocycles. The van der Waals surface area contributed by atoms with Gasteiger partial charge in [0.2, 0.25) is 0 Å². The van der Waals surface area contributed by atoms with Gasteiger partial charge in [0.25, 0.3) is 11.8 Å². The summed E-state index contributed by atoms with van der Waals surface area (Å²) in [5, 5.41) is 5.33.